The van der Waals surface area contributed by atoms with E-state index >= 15 is 0 Å². The highest BCUT2D eigenvalue weighted by molar-refractivity contribution is 5.94. The van der Waals surface area contributed by atoms with E-state index in [0.29, 0.717) is 17.8 Å². The van der Waals surface area contributed by atoms with Gasteiger partial charge in [0.2, 0.25) is 0 Å². The smallest absolute Gasteiger partial charge is 0.251 e. The SMILES string of the molecule is Cc1cc(C(=O)NCc2cccc(N)c2)ccn1. The van der Waals surface area contributed by atoms with E-state index in [1.54, 1.807) is 18.3 Å². The predicted molar refractivity (Wildman–Crippen MR) is 71.0 cm³/mol. The summed E-state index contributed by atoms with van der Waals surface area (Å²) in [5, 5.41) is 2.85. The van der Waals surface area contributed by atoms with Crippen LogP contribution in [-0.2, 0) is 6.54 Å². The van der Waals surface area contributed by atoms with Crippen LogP contribution in [0.5, 0.6) is 0 Å². The van der Waals surface area contributed by atoms with Gasteiger partial charge in [0.05, 0.1) is 0 Å². The topological polar surface area (TPSA) is 68.0 Å². The molecule has 0 aliphatic carbocycles. The Morgan fingerprint density at radius 3 is 2.89 bits per heavy atom. The number of rotatable bonds is 3. The number of carbonyl (C=O) groups excluding carboxylic acids is 1. The number of nitrogens with zero attached hydrogens (tertiary/aromatic N) is 1. The minimum Gasteiger partial charge on any atom is -0.399 e. The van der Waals surface area contributed by atoms with Crippen LogP contribution >= 0.6 is 0 Å². The van der Waals surface area contributed by atoms with E-state index < -0.39 is 0 Å². The Labute approximate surface area is 106 Å². The van der Waals surface area contributed by atoms with Gasteiger partial charge in [-0.15, -0.1) is 0 Å². The van der Waals surface area contributed by atoms with E-state index in [-0.39, 0.29) is 5.91 Å². The highest BCUT2D eigenvalue weighted by atomic mass is 16.1. The first kappa shape index (κ1) is 12.1. The summed E-state index contributed by atoms with van der Waals surface area (Å²) in [6.45, 7) is 2.32. The Morgan fingerprint density at radius 2 is 2.17 bits per heavy atom. The highest BCUT2D eigenvalue weighted by Crippen LogP contribution is 2.07. The summed E-state index contributed by atoms with van der Waals surface area (Å²) >= 11 is 0. The molecule has 1 aromatic heterocycles. The molecule has 0 aliphatic heterocycles. The average molecular weight is 241 g/mol. The van der Waals surface area contributed by atoms with E-state index in [9.17, 15) is 4.79 Å². The third-order valence-corrected chi connectivity index (χ3v) is 2.56. The van der Waals surface area contributed by atoms with E-state index in [4.69, 9.17) is 5.73 Å². The van der Waals surface area contributed by atoms with Gasteiger partial charge in [0.1, 0.15) is 0 Å². The summed E-state index contributed by atoms with van der Waals surface area (Å²) in [7, 11) is 0. The Morgan fingerprint density at radius 1 is 1.33 bits per heavy atom. The van der Waals surface area contributed by atoms with Gasteiger partial charge in [-0.1, -0.05) is 12.1 Å². The lowest BCUT2D eigenvalue weighted by molar-refractivity contribution is 0.0950. The molecule has 0 radical (unpaired) electrons. The van der Waals surface area contributed by atoms with Gasteiger partial charge < -0.3 is 11.1 Å². The van der Waals surface area contributed by atoms with Crippen LogP contribution in [0.4, 0.5) is 5.69 Å². The summed E-state index contributed by atoms with van der Waals surface area (Å²) in [4.78, 5) is 15.9. The number of anilines is 1. The lowest BCUT2D eigenvalue weighted by atomic mass is 10.2. The average Bonchev–Trinajstić information content (AvgIpc) is 2.36. The molecule has 0 unspecified atom stereocenters. The molecule has 0 fully saturated rings. The maximum absolute atomic E-state index is 11.9. The maximum Gasteiger partial charge on any atom is 0.251 e. The van der Waals surface area contributed by atoms with Crippen LogP contribution in [0.3, 0.4) is 0 Å². The van der Waals surface area contributed by atoms with Gasteiger partial charge in [0.15, 0.2) is 0 Å². The van der Waals surface area contributed by atoms with Crippen molar-refractivity contribution in [3.63, 3.8) is 0 Å². The van der Waals surface area contributed by atoms with Crippen LogP contribution in [0.2, 0.25) is 0 Å². The predicted octanol–water partition coefficient (Wildman–Crippen LogP) is 1.90. The molecule has 2 rings (SSSR count). The van der Waals surface area contributed by atoms with Crippen molar-refractivity contribution in [2.45, 2.75) is 13.5 Å². The molecule has 0 atom stereocenters. The number of nitrogens with one attached hydrogen (secondary N) is 1. The van der Waals surface area contributed by atoms with Crippen molar-refractivity contribution >= 4 is 11.6 Å². The largest absolute Gasteiger partial charge is 0.399 e. The molecular weight excluding hydrogens is 226 g/mol. The fraction of sp³-hybridized carbons (Fsp3) is 0.143. The molecule has 4 nitrogen and oxygen atoms in total. The molecular formula is C14H15N3O. The normalized spacial score (nSPS) is 10.1. The molecule has 4 heteroatoms. The molecule has 0 bridgehead atoms. The first-order valence-electron chi connectivity index (χ1n) is 5.70. The van der Waals surface area contributed by atoms with Gasteiger partial charge in [0.25, 0.3) is 5.91 Å². The first-order chi connectivity index (χ1) is 8.65. The van der Waals surface area contributed by atoms with Crippen molar-refractivity contribution in [2.75, 3.05) is 5.73 Å². The van der Waals surface area contributed by atoms with Crippen molar-refractivity contribution in [1.82, 2.24) is 10.3 Å². The zero-order chi connectivity index (χ0) is 13.0. The number of aromatic nitrogens is 1. The zero-order valence-electron chi connectivity index (χ0n) is 10.2. The number of pyridine rings is 1. The molecule has 1 aromatic carbocycles. The first-order valence-corrected chi connectivity index (χ1v) is 5.70. The third-order valence-electron chi connectivity index (χ3n) is 2.56. The summed E-state index contributed by atoms with van der Waals surface area (Å²) in [6.07, 6.45) is 1.63. The molecule has 92 valence electrons. The lowest BCUT2D eigenvalue weighted by Gasteiger charge is -2.06. The summed E-state index contributed by atoms with van der Waals surface area (Å²) in [6, 6.07) is 10.9. The Bertz CT molecular complexity index is 566. The number of benzene rings is 1. The summed E-state index contributed by atoms with van der Waals surface area (Å²) in [5.41, 5.74) is 8.79. The molecule has 0 aliphatic rings. The van der Waals surface area contributed by atoms with Crippen molar-refractivity contribution in [1.29, 1.82) is 0 Å². The van der Waals surface area contributed by atoms with Crippen molar-refractivity contribution in [3.8, 4) is 0 Å². The van der Waals surface area contributed by atoms with E-state index in [1.807, 2.05) is 31.2 Å². The lowest BCUT2D eigenvalue weighted by Crippen LogP contribution is -2.22. The molecule has 1 amide bonds. The standard InChI is InChI=1S/C14H15N3O/c1-10-7-12(5-6-16-10)14(18)17-9-11-3-2-4-13(15)8-11/h2-8H,9,15H2,1H3,(H,17,18). The van der Waals surface area contributed by atoms with Gasteiger partial charge in [-0.2, -0.15) is 0 Å². The van der Waals surface area contributed by atoms with Gasteiger partial charge in [-0.3, -0.25) is 9.78 Å². The number of nitrogens with two attached hydrogens (primary N) is 1. The monoisotopic (exact) mass is 241 g/mol. The van der Waals surface area contributed by atoms with E-state index in [1.165, 1.54) is 0 Å². The number of hydrogen-bond donors (Lipinski definition) is 2. The summed E-state index contributed by atoms with van der Waals surface area (Å²) in [5.74, 6) is -0.108. The van der Waals surface area contributed by atoms with E-state index in [0.717, 1.165) is 11.3 Å². The second-order valence-electron chi connectivity index (χ2n) is 4.11. The second kappa shape index (κ2) is 5.31. The van der Waals surface area contributed by atoms with Crippen molar-refractivity contribution < 1.29 is 4.79 Å². The fourth-order valence-corrected chi connectivity index (χ4v) is 1.67. The Balaban J connectivity index is 2.00. The fourth-order valence-electron chi connectivity index (χ4n) is 1.67. The van der Waals surface area contributed by atoms with Crippen LogP contribution in [0.1, 0.15) is 21.6 Å². The highest BCUT2D eigenvalue weighted by Gasteiger charge is 2.05. The molecule has 0 saturated heterocycles. The number of aryl methyl sites for hydroxylation is 1. The van der Waals surface area contributed by atoms with Crippen molar-refractivity contribution in [2.24, 2.45) is 0 Å². The number of nitrogen functional groups attached to an aromatic ring is 1. The van der Waals surface area contributed by atoms with Crippen LogP contribution in [0.15, 0.2) is 42.6 Å². The van der Waals surface area contributed by atoms with Crippen molar-refractivity contribution in [3.05, 3.63) is 59.4 Å². The molecule has 2 aromatic rings. The van der Waals surface area contributed by atoms with E-state index in [2.05, 4.69) is 10.3 Å². The molecule has 18 heavy (non-hydrogen) atoms. The van der Waals surface area contributed by atoms with Gasteiger partial charge >= 0.3 is 0 Å². The second-order valence-corrected chi connectivity index (χ2v) is 4.11. The minimum atomic E-state index is -0.108. The Kier molecular flexibility index (Phi) is 3.57. The van der Waals surface area contributed by atoms with Gasteiger partial charge in [0, 0.05) is 29.7 Å². The van der Waals surface area contributed by atoms with Gasteiger partial charge in [-0.05, 0) is 36.8 Å². The zero-order valence-corrected chi connectivity index (χ0v) is 10.2. The number of amides is 1. The quantitative estimate of drug-likeness (QED) is 0.806. The molecule has 0 saturated carbocycles. The minimum absolute atomic E-state index is 0.108. The van der Waals surface area contributed by atoms with Crippen LogP contribution in [0, 0.1) is 6.92 Å². The number of carbonyl (C=O) groups is 1. The van der Waals surface area contributed by atoms with Crippen LogP contribution in [0.25, 0.3) is 0 Å². The summed E-state index contributed by atoms with van der Waals surface area (Å²) < 4.78 is 0. The molecule has 0 spiro atoms. The molecule has 1 heterocycles. The van der Waals surface area contributed by atoms with Crippen LogP contribution in [-0.4, -0.2) is 10.9 Å². The number of hydrogen-bond acceptors (Lipinski definition) is 3. The van der Waals surface area contributed by atoms with Crippen LogP contribution < -0.4 is 11.1 Å². The maximum atomic E-state index is 11.9. The molecule has 3 N–H and O–H groups in total. The third kappa shape index (κ3) is 3.07. The van der Waals surface area contributed by atoms with Gasteiger partial charge in [-0.25, -0.2) is 0 Å². The Hall–Kier alpha value is -2.36.